The van der Waals surface area contributed by atoms with Crippen molar-refractivity contribution < 1.29 is 14.1 Å². The molecule has 0 aliphatic carbocycles. The minimum absolute atomic E-state index is 0.0967. The summed E-state index contributed by atoms with van der Waals surface area (Å²) in [5.74, 6) is -0.796. The molecule has 1 amide bonds. The Morgan fingerprint density at radius 1 is 1.13 bits per heavy atom. The number of hydrogen-bond donors (Lipinski definition) is 1. The van der Waals surface area contributed by atoms with Crippen LogP contribution in [0.2, 0.25) is 0 Å². The molecule has 8 nitrogen and oxygen atoms in total. The summed E-state index contributed by atoms with van der Waals surface area (Å²) in [5.41, 5.74) is -0.0567. The van der Waals surface area contributed by atoms with Crippen molar-refractivity contribution in [2.75, 3.05) is 5.32 Å². The molecule has 0 fully saturated rings. The number of aromatic nitrogens is 2. The average molecular weight is 410 g/mol. The Hall–Kier alpha value is -3.62. The van der Waals surface area contributed by atoms with Crippen LogP contribution in [0.3, 0.4) is 0 Å². The lowest BCUT2D eigenvalue weighted by atomic mass is 10.1. The van der Waals surface area contributed by atoms with Gasteiger partial charge in [0.15, 0.2) is 0 Å². The van der Waals surface area contributed by atoms with Gasteiger partial charge in [-0.15, -0.1) is 0 Å². The van der Waals surface area contributed by atoms with E-state index in [0.29, 0.717) is 23.9 Å². The standard InChI is InChI=1S/C21H19FN4O4/c22-16-9-7-14(12-18(16)26(29)30)23-20(27)13-6-8-15-17(11-13)24-19-5-3-1-2-4-10-25(19)21(15)28/h6-9,11-12H,1-5,10H2,(H,23,27). The predicted octanol–water partition coefficient (Wildman–Crippen LogP) is 3.81. The van der Waals surface area contributed by atoms with Gasteiger partial charge in [-0.3, -0.25) is 24.3 Å². The van der Waals surface area contributed by atoms with Crippen LogP contribution < -0.4 is 10.9 Å². The number of halogens is 1. The molecule has 1 N–H and O–H groups in total. The topological polar surface area (TPSA) is 107 Å². The molecule has 0 unspecified atom stereocenters. The summed E-state index contributed by atoms with van der Waals surface area (Å²) in [6.07, 6.45) is 4.79. The van der Waals surface area contributed by atoms with E-state index in [-0.39, 0.29) is 16.8 Å². The number of nitro groups is 1. The van der Waals surface area contributed by atoms with Crippen molar-refractivity contribution in [1.82, 2.24) is 9.55 Å². The largest absolute Gasteiger partial charge is 0.322 e. The number of hydrogen-bond acceptors (Lipinski definition) is 5. The molecule has 4 rings (SSSR count). The monoisotopic (exact) mass is 410 g/mol. The Balaban J connectivity index is 1.67. The van der Waals surface area contributed by atoms with Crippen molar-refractivity contribution in [3.05, 3.63) is 74.1 Å². The molecule has 0 bridgehead atoms. The smallest absolute Gasteiger partial charge is 0.306 e. The molecule has 0 spiro atoms. The SMILES string of the molecule is O=C(Nc1ccc(F)c([N+](=O)[O-])c1)c1ccc2c(=O)n3c(nc2c1)CCCCCC3. The van der Waals surface area contributed by atoms with Gasteiger partial charge in [0.1, 0.15) is 5.82 Å². The summed E-state index contributed by atoms with van der Waals surface area (Å²) >= 11 is 0. The third-order valence-corrected chi connectivity index (χ3v) is 5.23. The number of nitrogens with zero attached hydrogens (tertiary/aromatic N) is 3. The van der Waals surface area contributed by atoms with Crippen molar-refractivity contribution in [3.8, 4) is 0 Å². The van der Waals surface area contributed by atoms with E-state index in [1.54, 1.807) is 10.6 Å². The molecule has 1 aliphatic heterocycles. The molecule has 2 heterocycles. The van der Waals surface area contributed by atoms with E-state index >= 15 is 0 Å². The van der Waals surface area contributed by atoms with Gasteiger partial charge >= 0.3 is 5.69 Å². The first kappa shape index (κ1) is 19.7. The molecular formula is C21H19FN4O4. The highest BCUT2D eigenvalue weighted by atomic mass is 19.1. The van der Waals surface area contributed by atoms with E-state index in [2.05, 4.69) is 10.3 Å². The number of carbonyl (C=O) groups is 1. The first-order valence-corrected chi connectivity index (χ1v) is 9.73. The summed E-state index contributed by atoms with van der Waals surface area (Å²) in [7, 11) is 0. The Bertz CT molecular complexity index is 1220. The molecular weight excluding hydrogens is 391 g/mol. The molecule has 30 heavy (non-hydrogen) atoms. The van der Waals surface area contributed by atoms with Crippen LogP contribution in [-0.4, -0.2) is 20.4 Å². The maximum Gasteiger partial charge on any atom is 0.306 e. The van der Waals surface area contributed by atoms with Crippen molar-refractivity contribution in [3.63, 3.8) is 0 Å². The second kappa shape index (κ2) is 8.02. The van der Waals surface area contributed by atoms with Gasteiger partial charge in [0.2, 0.25) is 5.82 Å². The lowest BCUT2D eigenvalue weighted by Gasteiger charge is -2.16. The summed E-state index contributed by atoms with van der Waals surface area (Å²) < 4.78 is 15.2. The van der Waals surface area contributed by atoms with E-state index in [4.69, 9.17) is 0 Å². The number of anilines is 1. The van der Waals surface area contributed by atoms with Gasteiger partial charge < -0.3 is 5.32 Å². The summed E-state index contributed by atoms with van der Waals surface area (Å²) in [6.45, 7) is 0.642. The van der Waals surface area contributed by atoms with Crippen LogP contribution in [0.1, 0.15) is 41.9 Å². The second-order valence-corrected chi connectivity index (χ2v) is 7.26. The van der Waals surface area contributed by atoms with E-state index in [0.717, 1.165) is 43.6 Å². The number of aryl methyl sites for hydroxylation is 1. The number of fused-ring (bicyclic) bond motifs is 2. The molecule has 154 valence electrons. The number of nitrogens with one attached hydrogen (secondary N) is 1. The zero-order valence-electron chi connectivity index (χ0n) is 16.1. The molecule has 0 saturated carbocycles. The summed E-state index contributed by atoms with van der Waals surface area (Å²) in [4.78, 5) is 40.1. The van der Waals surface area contributed by atoms with Gasteiger partial charge in [-0.25, -0.2) is 4.98 Å². The third-order valence-electron chi connectivity index (χ3n) is 5.23. The molecule has 2 aromatic carbocycles. The highest BCUT2D eigenvalue weighted by Gasteiger charge is 2.17. The fraction of sp³-hybridized carbons (Fsp3) is 0.286. The van der Waals surface area contributed by atoms with E-state index in [1.165, 1.54) is 18.2 Å². The van der Waals surface area contributed by atoms with Crippen LogP contribution in [0.15, 0.2) is 41.2 Å². The van der Waals surface area contributed by atoms with Gasteiger partial charge in [-0.1, -0.05) is 12.8 Å². The summed E-state index contributed by atoms with van der Waals surface area (Å²) in [5, 5.41) is 13.8. The Kier molecular flexibility index (Phi) is 5.26. The first-order chi connectivity index (χ1) is 14.4. The predicted molar refractivity (Wildman–Crippen MR) is 109 cm³/mol. The first-order valence-electron chi connectivity index (χ1n) is 9.73. The van der Waals surface area contributed by atoms with Gasteiger partial charge in [-0.05, 0) is 43.2 Å². The van der Waals surface area contributed by atoms with Gasteiger partial charge in [0.05, 0.1) is 15.8 Å². The fourth-order valence-corrected chi connectivity index (χ4v) is 3.67. The molecule has 0 saturated heterocycles. The van der Waals surface area contributed by atoms with Crippen LogP contribution in [-0.2, 0) is 13.0 Å². The summed E-state index contributed by atoms with van der Waals surface area (Å²) in [6, 6.07) is 7.74. The maximum absolute atomic E-state index is 13.5. The van der Waals surface area contributed by atoms with Crippen molar-refractivity contribution >= 4 is 28.2 Å². The lowest BCUT2D eigenvalue weighted by molar-refractivity contribution is -0.387. The zero-order valence-corrected chi connectivity index (χ0v) is 16.1. The van der Waals surface area contributed by atoms with Crippen molar-refractivity contribution in [1.29, 1.82) is 0 Å². The van der Waals surface area contributed by atoms with E-state index in [9.17, 15) is 24.1 Å². The van der Waals surface area contributed by atoms with E-state index < -0.39 is 22.3 Å². The Morgan fingerprint density at radius 3 is 2.73 bits per heavy atom. The highest BCUT2D eigenvalue weighted by molar-refractivity contribution is 6.06. The van der Waals surface area contributed by atoms with Gasteiger partial charge in [0, 0.05) is 30.3 Å². The van der Waals surface area contributed by atoms with E-state index in [1.807, 2.05) is 0 Å². The average Bonchev–Trinajstić information content (AvgIpc) is 2.70. The molecule has 1 aliphatic rings. The molecule has 9 heteroatoms. The lowest BCUT2D eigenvalue weighted by Crippen LogP contribution is -2.26. The number of nitro benzene ring substituents is 1. The van der Waals surface area contributed by atoms with Crippen molar-refractivity contribution in [2.24, 2.45) is 0 Å². The highest BCUT2D eigenvalue weighted by Crippen LogP contribution is 2.23. The molecule has 3 aromatic rings. The molecule has 0 radical (unpaired) electrons. The quantitative estimate of drug-likeness (QED) is 0.522. The maximum atomic E-state index is 13.5. The number of carbonyl (C=O) groups excluding carboxylic acids is 1. The third kappa shape index (κ3) is 3.78. The van der Waals surface area contributed by atoms with Crippen LogP contribution in [0.4, 0.5) is 15.8 Å². The second-order valence-electron chi connectivity index (χ2n) is 7.26. The molecule has 1 aromatic heterocycles. The number of benzene rings is 2. The van der Waals surface area contributed by atoms with Crippen LogP contribution >= 0.6 is 0 Å². The molecule has 0 atom stereocenters. The normalized spacial score (nSPS) is 13.9. The Labute approximate surface area is 170 Å². The fourth-order valence-electron chi connectivity index (χ4n) is 3.67. The minimum atomic E-state index is -0.982. The van der Waals surface area contributed by atoms with Gasteiger partial charge in [-0.2, -0.15) is 4.39 Å². The van der Waals surface area contributed by atoms with Crippen LogP contribution in [0.5, 0.6) is 0 Å². The minimum Gasteiger partial charge on any atom is -0.322 e. The Morgan fingerprint density at radius 2 is 1.93 bits per heavy atom. The number of amides is 1. The van der Waals surface area contributed by atoms with Crippen molar-refractivity contribution in [2.45, 2.75) is 38.6 Å². The van der Waals surface area contributed by atoms with Crippen LogP contribution in [0, 0.1) is 15.9 Å². The van der Waals surface area contributed by atoms with Gasteiger partial charge in [0.25, 0.3) is 11.5 Å². The number of rotatable bonds is 3. The van der Waals surface area contributed by atoms with Crippen LogP contribution in [0.25, 0.3) is 10.9 Å². The zero-order chi connectivity index (χ0) is 21.3.